The van der Waals surface area contributed by atoms with Gasteiger partial charge in [0.15, 0.2) is 0 Å². The number of aliphatic hydroxyl groups is 1. The van der Waals surface area contributed by atoms with Crippen LogP contribution in [0.3, 0.4) is 0 Å². The minimum atomic E-state index is -0.234. The maximum atomic E-state index is 12.3. The van der Waals surface area contributed by atoms with Crippen molar-refractivity contribution < 1.29 is 9.90 Å². The van der Waals surface area contributed by atoms with Crippen LogP contribution in [-0.4, -0.2) is 84.2 Å². The van der Waals surface area contributed by atoms with Gasteiger partial charge in [-0.2, -0.15) is 0 Å². The van der Waals surface area contributed by atoms with Gasteiger partial charge in [-0.1, -0.05) is 6.92 Å². The second-order valence-corrected chi connectivity index (χ2v) is 6.75. The van der Waals surface area contributed by atoms with Crippen molar-refractivity contribution in [3.8, 4) is 0 Å². The Bertz CT molecular complexity index is 332. The summed E-state index contributed by atoms with van der Waals surface area (Å²) < 4.78 is 0. The highest BCUT2D eigenvalue weighted by molar-refractivity contribution is 5.76. The fourth-order valence-corrected chi connectivity index (χ4v) is 3.45. The molecule has 22 heavy (non-hydrogen) atoms. The summed E-state index contributed by atoms with van der Waals surface area (Å²) >= 11 is 0. The molecule has 128 valence electrons. The standard InChI is InChI=1S/C17H33N3O2/c1-2-16(21)15-19-11-6-12-20(14-13-19)17(22)7-5-10-18-8-3-4-9-18/h16,21H,2-15H2,1H3. The molecule has 2 heterocycles. The van der Waals surface area contributed by atoms with Gasteiger partial charge in [0, 0.05) is 32.6 Å². The van der Waals surface area contributed by atoms with Gasteiger partial charge in [0.25, 0.3) is 0 Å². The number of carbonyl (C=O) groups excluding carboxylic acids is 1. The Balaban J connectivity index is 1.65. The van der Waals surface area contributed by atoms with E-state index in [-0.39, 0.29) is 6.10 Å². The lowest BCUT2D eigenvalue weighted by Crippen LogP contribution is -2.37. The minimum absolute atomic E-state index is 0.234. The van der Waals surface area contributed by atoms with Crippen molar-refractivity contribution >= 4 is 5.91 Å². The van der Waals surface area contributed by atoms with Crippen molar-refractivity contribution in [1.82, 2.24) is 14.7 Å². The molecular weight excluding hydrogens is 278 g/mol. The van der Waals surface area contributed by atoms with E-state index >= 15 is 0 Å². The molecule has 0 aromatic heterocycles. The third-order valence-corrected chi connectivity index (χ3v) is 4.95. The maximum Gasteiger partial charge on any atom is 0.222 e. The van der Waals surface area contributed by atoms with E-state index in [1.54, 1.807) is 0 Å². The molecule has 0 aliphatic carbocycles. The van der Waals surface area contributed by atoms with Gasteiger partial charge in [-0.05, 0) is 58.3 Å². The molecule has 1 N–H and O–H groups in total. The molecule has 1 unspecified atom stereocenters. The third kappa shape index (κ3) is 5.86. The molecule has 0 aromatic rings. The van der Waals surface area contributed by atoms with Crippen LogP contribution in [0.4, 0.5) is 0 Å². The summed E-state index contributed by atoms with van der Waals surface area (Å²) in [4.78, 5) is 19.2. The van der Waals surface area contributed by atoms with Crippen LogP contribution in [0, 0.1) is 0 Å². The lowest BCUT2D eigenvalue weighted by atomic mass is 10.2. The molecule has 2 aliphatic rings. The minimum Gasteiger partial charge on any atom is -0.392 e. The summed E-state index contributed by atoms with van der Waals surface area (Å²) in [5.41, 5.74) is 0. The molecule has 2 aliphatic heterocycles. The van der Waals surface area contributed by atoms with Crippen molar-refractivity contribution in [1.29, 1.82) is 0 Å². The van der Waals surface area contributed by atoms with E-state index in [0.29, 0.717) is 12.3 Å². The zero-order valence-electron chi connectivity index (χ0n) is 14.2. The fourth-order valence-electron chi connectivity index (χ4n) is 3.45. The van der Waals surface area contributed by atoms with E-state index in [0.717, 1.165) is 58.5 Å². The number of β-amino-alcohol motifs (C(OH)–C–C–N with tert-alkyl or cyclic N) is 1. The number of hydrogen-bond donors (Lipinski definition) is 1. The topological polar surface area (TPSA) is 47.0 Å². The first-order chi connectivity index (χ1) is 10.7. The van der Waals surface area contributed by atoms with Gasteiger partial charge in [0.2, 0.25) is 5.91 Å². The molecule has 2 rings (SSSR count). The molecular formula is C17H33N3O2. The lowest BCUT2D eigenvalue weighted by Gasteiger charge is -2.24. The molecule has 2 saturated heterocycles. The van der Waals surface area contributed by atoms with E-state index in [4.69, 9.17) is 0 Å². The second-order valence-electron chi connectivity index (χ2n) is 6.75. The van der Waals surface area contributed by atoms with E-state index in [1.807, 2.05) is 11.8 Å². The zero-order valence-corrected chi connectivity index (χ0v) is 14.2. The van der Waals surface area contributed by atoms with Crippen molar-refractivity contribution in [2.75, 3.05) is 52.4 Å². The summed E-state index contributed by atoms with van der Waals surface area (Å²) in [5, 5.41) is 9.77. The van der Waals surface area contributed by atoms with Crippen molar-refractivity contribution in [2.24, 2.45) is 0 Å². The van der Waals surface area contributed by atoms with E-state index in [9.17, 15) is 9.90 Å². The van der Waals surface area contributed by atoms with Gasteiger partial charge < -0.3 is 14.9 Å². The first-order valence-corrected chi connectivity index (χ1v) is 9.09. The van der Waals surface area contributed by atoms with E-state index < -0.39 is 0 Å². The Morgan fingerprint density at radius 2 is 1.73 bits per heavy atom. The molecule has 0 radical (unpaired) electrons. The van der Waals surface area contributed by atoms with Crippen LogP contribution in [0.15, 0.2) is 0 Å². The monoisotopic (exact) mass is 311 g/mol. The number of carbonyl (C=O) groups is 1. The quantitative estimate of drug-likeness (QED) is 0.767. The first-order valence-electron chi connectivity index (χ1n) is 9.09. The predicted molar refractivity (Wildman–Crippen MR) is 88.8 cm³/mol. The van der Waals surface area contributed by atoms with Gasteiger partial charge in [0.05, 0.1) is 6.10 Å². The van der Waals surface area contributed by atoms with Crippen LogP contribution >= 0.6 is 0 Å². The van der Waals surface area contributed by atoms with Gasteiger partial charge in [-0.15, -0.1) is 0 Å². The Labute approximate surface area is 135 Å². The smallest absolute Gasteiger partial charge is 0.222 e. The summed E-state index contributed by atoms with van der Waals surface area (Å²) in [6.07, 6.45) is 5.91. The van der Waals surface area contributed by atoms with Crippen molar-refractivity contribution in [3.05, 3.63) is 0 Å². The van der Waals surface area contributed by atoms with Crippen LogP contribution in [0.2, 0.25) is 0 Å². The first kappa shape index (κ1) is 17.7. The average Bonchev–Trinajstić information content (AvgIpc) is 2.92. The van der Waals surface area contributed by atoms with Crippen LogP contribution in [0.1, 0.15) is 45.4 Å². The molecule has 0 aromatic carbocycles. The van der Waals surface area contributed by atoms with Crippen molar-refractivity contribution in [2.45, 2.75) is 51.6 Å². The summed E-state index contributed by atoms with van der Waals surface area (Å²) in [6, 6.07) is 0. The molecule has 5 heteroatoms. The molecule has 0 saturated carbocycles. The van der Waals surface area contributed by atoms with Gasteiger partial charge >= 0.3 is 0 Å². The number of hydrogen-bond acceptors (Lipinski definition) is 4. The highest BCUT2D eigenvalue weighted by atomic mass is 16.3. The van der Waals surface area contributed by atoms with E-state index in [2.05, 4.69) is 9.80 Å². The number of likely N-dealkylation sites (tertiary alicyclic amines) is 1. The third-order valence-electron chi connectivity index (χ3n) is 4.95. The van der Waals surface area contributed by atoms with Gasteiger partial charge in [-0.3, -0.25) is 9.69 Å². The molecule has 1 amide bonds. The van der Waals surface area contributed by atoms with Crippen LogP contribution < -0.4 is 0 Å². The number of nitrogens with zero attached hydrogens (tertiary/aromatic N) is 3. The average molecular weight is 311 g/mol. The van der Waals surface area contributed by atoms with Crippen LogP contribution in [-0.2, 0) is 4.79 Å². The van der Waals surface area contributed by atoms with Crippen LogP contribution in [0.25, 0.3) is 0 Å². The Morgan fingerprint density at radius 1 is 1.00 bits per heavy atom. The summed E-state index contributed by atoms with van der Waals surface area (Å²) in [7, 11) is 0. The molecule has 0 spiro atoms. The lowest BCUT2D eigenvalue weighted by molar-refractivity contribution is -0.131. The zero-order chi connectivity index (χ0) is 15.8. The fraction of sp³-hybridized carbons (Fsp3) is 0.941. The SMILES string of the molecule is CCC(O)CN1CCCN(C(=O)CCCN2CCCC2)CC1. The van der Waals surface area contributed by atoms with Crippen molar-refractivity contribution in [3.63, 3.8) is 0 Å². The Morgan fingerprint density at radius 3 is 2.45 bits per heavy atom. The molecule has 2 fully saturated rings. The normalized spacial score (nSPS) is 22.7. The number of rotatable bonds is 7. The summed E-state index contributed by atoms with van der Waals surface area (Å²) in [5.74, 6) is 0.317. The summed E-state index contributed by atoms with van der Waals surface area (Å²) in [6.45, 7) is 9.85. The van der Waals surface area contributed by atoms with Gasteiger partial charge in [-0.25, -0.2) is 0 Å². The number of aliphatic hydroxyl groups excluding tert-OH is 1. The Kier molecular flexibility index (Phi) is 7.63. The molecule has 5 nitrogen and oxygen atoms in total. The number of amides is 1. The Hall–Kier alpha value is -0.650. The maximum absolute atomic E-state index is 12.3. The largest absolute Gasteiger partial charge is 0.392 e. The molecule has 0 bridgehead atoms. The van der Waals surface area contributed by atoms with Gasteiger partial charge in [0.1, 0.15) is 0 Å². The van der Waals surface area contributed by atoms with E-state index in [1.165, 1.54) is 25.9 Å². The van der Waals surface area contributed by atoms with Crippen LogP contribution in [0.5, 0.6) is 0 Å². The predicted octanol–water partition coefficient (Wildman–Crippen LogP) is 1.17. The highest BCUT2D eigenvalue weighted by Gasteiger charge is 2.20. The molecule has 1 atom stereocenters. The second kappa shape index (κ2) is 9.48. The highest BCUT2D eigenvalue weighted by Crippen LogP contribution is 2.10.